The van der Waals surface area contributed by atoms with Crippen molar-refractivity contribution >= 4 is 9.24 Å². The van der Waals surface area contributed by atoms with E-state index in [1.165, 1.54) is 0 Å². The molecule has 78 valence electrons. The summed E-state index contributed by atoms with van der Waals surface area (Å²) in [4.78, 5) is 2.14. The second kappa shape index (κ2) is 5.20. The smallest absolute Gasteiger partial charge is 0.211 e. The topological polar surface area (TPSA) is 21.7 Å². The largest absolute Gasteiger partial charge is 0.383 e. The molecule has 1 fully saturated rings. The summed E-state index contributed by atoms with van der Waals surface area (Å²) < 4.78 is 22.6. The van der Waals surface area contributed by atoms with Gasteiger partial charge in [-0.3, -0.25) is 4.90 Å². The summed E-state index contributed by atoms with van der Waals surface area (Å²) >= 11 is 0. The summed E-state index contributed by atoms with van der Waals surface area (Å²) in [6.45, 7) is 1.47. The van der Waals surface area contributed by atoms with E-state index >= 15 is 0 Å². The Kier molecular flexibility index (Phi) is 4.53. The quantitative estimate of drug-likeness (QED) is 0.641. The predicted molar refractivity (Wildman–Crippen MR) is 52.4 cm³/mol. The molecule has 0 spiro atoms. The van der Waals surface area contributed by atoms with Crippen LogP contribution in [0.2, 0.25) is 0 Å². The van der Waals surface area contributed by atoms with Crippen molar-refractivity contribution in [3.63, 3.8) is 0 Å². The first-order valence-electron chi connectivity index (χ1n) is 4.37. The Bertz CT molecular complexity index is 159. The third kappa shape index (κ3) is 3.47. The first-order valence-corrected chi connectivity index (χ1v) is 5.04. The van der Waals surface area contributed by atoms with E-state index in [9.17, 15) is 4.39 Å². The lowest BCUT2D eigenvalue weighted by Crippen LogP contribution is -2.29. The van der Waals surface area contributed by atoms with Crippen LogP contribution in [0.25, 0.3) is 0 Å². The first kappa shape index (κ1) is 11.3. The minimum Gasteiger partial charge on any atom is -0.383 e. The third-order valence-corrected chi connectivity index (χ3v) is 2.49. The van der Waals surface area contributed by atoms with E-state index in [0.717, 1.165) is 13.0 Å². The van der Waals surface area contributed by atoms with Crippen LogP contribution in [0.3, 0.4) is 0 Å². The summed E-state index contributed by atoms with van der Waals surface area (Å²) in [6, 6.07) is 0.360. The van der Waals surface area contributed by atoms with E-state index in [2.05, 4.69) is 4.90 Å². The van der Waals surface area contributed by atoms with Gasteiger partial charge < -0.3 is 9.47 Å². The number of nitrogens with zero attached hydrogens (tertiary/aromatic N) is 1. The van der Waals surface area contributed by atoms with Gasteiger partial charge in [0.15, 0.2) is 0 Å². The van der Waals surface area contributed by atoms with Crippen molar-refractivity contribution in [1.82, 2.24) is 4.90 Å². The zero-order valence-electron chi connectivity index (χ0n) is 8.07. The zero-order valence-corrected chi connectivity index (χ0v) is 9.23. The lowest BCUT2D eigenvalue weighted by atomic mass is 10.2. The van der Waals surface area contributed by atoms with Gasteiger partial charge in [-0.25, -0.2) is 4.39 Å². The number of hydrogen-bond donors (Lipinski definition) is 0. The zero-order chi connectivity index (χ0) is 9.84. The van der Waals surface area contributed by atoms with Crippen molar-refractivity contribution in [2.45, 2.75) is 24.7 Å². The van der Waals surface area contributed by atoms with Crippen LogP contribution in [0.15, 0.2) is 0 Å². The van der Waals surface area contributed by atoms with Crippen LogP contribution >= 0.6 is 9.24 Å². The predicted octanol–water partition coefficient (Wildman–Crippen LogP) is 0.850. The number of alkyl halides is 1. The molecule has 5 heteroatoms. The van der Waals surface area contributed by atoms with Crippen molar-refractivity contribution in [3.05, 3.63) is 0 Å². The molecule has 1 aliphatic rings. The summed E-state index contributed by atoms with van der Waals surface area (Å²) in [5.41, 5.74) is 0. The van der Waals surface area contributed by atoms with Crippen LogP contribution in [0.1, 0.15) is 6.42 Å². The van der Waals surface area contributed by atoms with Crippen LogP contribution in [-0.2, 0) is 9.47 Å². The van der Waals surface area contributed by atoms with Gasteiger partial charge in [0.2, 0.25) is 6.10 Å². The van der Waals surface area contributed by atoms with Crippen LogP contribution in [-0.4, -0.2) is 50.5 Å². The number of likely N-dealkylation sites (N-methyl/N-ethyl adjacent to an activating group) is 1. The fourth-order valence-corrected chi connectivity index (χ4v) is 1.92. The second-order valence-corrected chi connectivity index (χ2v) is 3.92. The van der Waals surface area contributed by atoms with Crippen molar-refractivity contribution in [1.29, 1.82) is 0 Å². The van der Waals surface area contributed by atoms with Gasteiger partial charge in [-0.05, 0) is 13.5 Å². The van der Waals surface area contributed by atoms with E-state index in [4.69, 9.17) is 9.47 Å². The molecule has 3 nitrogen and oxygen atoms in total. The molecule has 0 aromatic rings. The van der Waals surface area contributed by atoms with Crippen LogP contribution in [0.5, 0.6) is 0 Å². The van der Waals surface area contributed by atoms with Gasteiger partial charge in [0.05, 0.1) is 12.7 Å². The maximum atomic E-state index is 12.5. The summed E-state index contributed by atoms with van der Waals surface area (Å²) in [5, 5.41) is 0. The fourth-order valence-electron chi connectivity index (χ4n) is 1.70. The molecule has 1 rings (SSSR count). The third-order valence-electron chi connectivity index (χ3n) is 2.33. The highest BCUT2D eigenvalue weighted by Crippen LogP contribution is 2.21. The van der Waals surface area contributed by atoms with Gasteiger partial charge >= 0.3 is 0 Å². The minimum absolute atomic E-state index is 0.00218. The summed E-state index contributed by atoms with van der Waals surface area (Å²) in [7, 11) is 5.68. The van der Waals surface area contributed by atoms with Gasteiger partial charge in [0, 0.05) is 19.7 Å². The van der Waals surface area contributed by atoms with E-state index in [1.54, 1.807) is 7.11 Å². The van der Waals surface area contributed by atoms with Crippen LogP contribution in [0.4, 0.5) is 4.39 Å². The number of rotatable bonds is 4. The molecule has 0 N–H and O–H groups in total. The molecule has 0 amide bonds. The number of ether oxygens (including phenoxy) is 2. The van der Waals surface area contributed by atoms with Gasteiger partial charge in [-0.1, -0.05) is 9.24 Å². The van der Waals surface area contributed by atoms with Gasteiger partial charge in [-0.15, -0.1) is 0 Å². The normalized spacial score (nSPS) is 32.3. The molecule has 1 saturated heterocycles. The Morgan fingerprint density at radius 1 is 1.69 bits per heavy atom. The highest BCUT2D eigenvalue weighted by Gasteiger charge is 2.30. The van der Waals surface area contributed by atoms with Gasteiger partial charge in [0.25, 0.3) is 0 Å². The van der Waals surface area contributed by atoms with Gasteiger partial charge in [0.1, 0.15) is 0 Å². The molecule has 4 unspecified atom stereocenters. The number of methoxy groups -OCH3 is 1. The molecular weight excluding hydrogens is 192 g/mol. The lowest BCUT2D eigenvalue weighted by molar-refractivity contribution is -0.0242. The molecule has 0 aromatic heterocycles. The lowest BCUT2D eigenvalue weighted by Gasteiger charge is -2.16. The van der Waals surface area contributed by atoms with Crippen molar-refractivity contribution in [2.75, 3.05) is 27.3 Å². The average molecular weight is 209 g/mol. The molecular formula is C8H17FNO2P. The van der Waals surface area contributed by atoms with Crippen molar-refractivity contribution in [2.24, 2.45) is 0 Å². The molecule has 4 atom stereocenters. The number of likely N-dealkylation sites (tertiary alicyclic amines) is 1. The molecule has 1 heterocycles. The highest BCUT2D eigenvalue weighted by molar-refractivity contribution is 7.16. The van der Waals surface area contributed by atoms with Crippen molar-refractivity contribution < 1.29 is 13.9 Å². The van der Waals surface area contributed by atoms with E-state index in [0.29, 0.717) is 12.6 Å². The van der Waals surface area contributed by atoms with Crippen LogP contribution < -0.4 is 0 Å². The van der Waals surface area contributed by atoms with Gasteiger partial charge in [-0.2, -0.15) is 0 Å². The summed E-state index contributed by atoms with van der Waals surface area (Å²) in [5.74, 6) is 0. The molecule has 0 bridgehead atoms. The Hall–Kier alpha value is 0.240. The number of hydrogen-bond acceptors (Lipinski definition) is 3. The van der Waals surface area contributed by atoms with E-state index < -0.39 is 6.10 Å². The molecule has 0 saturated carbocycles. The molecule has 13 heavy (non-hydrogen) atoms. The second-order valence-electron chi connectivity index (χ2n) is 3.39. The summed E-state index contributed by atoms with van der Waals surface area (Å²) in [6.07, 6.45) is -0.406. The molecule has 1 aliphatic heterocycles. The molecule has 0 aromatic carbocycles. The standard InChI is InChI=1S/C8H17FNO2P/c1-10-4-7(12-8(9)13)3-6(10)5-11-2/h6-8H,3-5,13H2,1-2H3. The number of halogens is 1. The fraction of sp³-hybridized carbons (Fsp3) is 1.00. The monoisotopic (exact) mass is 209 g/mol. The maximum absolute atomic E-state index is 12.5. The van der Waals surface area contributed by atoms with Crippen molar-refractivity contribution in [3.8, 4) is 0 Å². The Morgan fingerprint density at radius 2 is 2.38 bits per heavy atom. The Balaban J connectivity index is 2.31. The maximum Gasteiger partial charge on any atom is 0.211 e. The first-order chi connectivity index (χ1) is 6.13. The minimum atomic E-state index is -1.25. The Labute approximate surface area is 80.8 Å². The molecule has 0 radical (unpaired) electrons. The van der Waals surface area contributed by atoms with E-state index in [1.807, 2.05) is 16.3 Å². The van der Waals surface area contributed by atoms with Crippen LogP contribution in [0, 0.1) is 0 Å². The van der Waals surface area contributed by atoms with E-state index in [-0.39, 0.29) is 6.10 Å². The average Bonchev–Trinajstić information content (AvgIpc) is 2.31. The molecule has 0 aliphatic carbocycles. The SMILES string of the molecule is COCC1CC(OC(F)P)CN1C. The Morgan fingerprint density at radius 3 is 2.92 bits per heavy atom. The highest BCUT2D eigenvalue weighted by atomic mass is 31.0.